The second kappa shape index (κ2) is 13.5. The van der Waals surface area contributed by atoms with Gasteiger partial charge in [0.1, 0.15) is 5.75 Å². The number of nitrogens with one attached hydrogen (secondary N) is 1. The van der Waals surface area contributed by atoms with Crippen molar-refractivity contribution in [3.63, 3.8) is 0 Å². The Balaban J connectivity index is 1.55. The summed E-state index contributed by atoms with van der Waals surface area (Å²) >= 11 is 6.43. The van der Waals surface area contributed by atoms with E-state index in [2.05, 4.69) is 47.4 Å². The second-order valence-electron chi connectivity index (χ2n) is 13.2. The molecular formula is C36H47ClN2O5S. The number of carbonyl (C=O) groups is 1. The molecule has 0 saturated heterocycles. The smallest absolute Gasteiger partial charge is 0.264 e. The molecule has 4 atom stereocenters. The van der Waals surface area contributed by atoms with Gasteiger partial charge in [0, 0.05) is 36.2 Å². The number of nitrogens with zero attached hydrogens (tertiary/aromatic N) is 1. The molecule has 5 rings (SSSR count). The van der Waals surface area contributed by atoms with Crippen molar-refractivity contribution >= 4 is 33.2 Å². The van der Waals surface area contributed by atoms with E-state index in [-0.39, 0.29) is 11.0 Å². The van der Waals surface area contributed by atoms with E-state index in [9.17, 15) is 13.2 Å². The first-order chi connectivity index (χ1) is 21.5. The molecule has 1 spiro atoms. The fraction of sp³-hybridized carbons (Fsp3) is 0.528. The SMILES string of the molecule is C=CC[C@@](/C=C/CC)(OC)[C@@H]1CC[C@H]1CN1C[C@@]2(CCCc3cc(Cl)ccc32)COc2ccc(C(=O)NS(=O)(=O)C(C)C)cc21. The van der Waals surface area contributed by atoms with E-state index in [1.807, 2.05) is 18.2 Å². The lowest BCUT2D eigenvalue weighted by molar-refractivity contribution is -0.0728. The van der Waals surface area contributed by atoms with Crippen LogP contribution in [0.5, 0.6) is 5.75 Å². The van der Waals surface area contributed by atoms with Gasteiger partial charge < -0.3 is 14.4 Å². The fourth-order valence-electron chi connectivity index (χ4n) is 7.46. The van der Waals surface area contributed by atoms with E-state index in [1.165, 1.54) is 11.1 Å². The van der Waals surface area contributed by atoms with Crippen LogP contribution in [0, 0.1) is 11.8 Å². The van der Waals surface area contributed by atoms with Gasteiger partial charge in [0.15, 0.2) is 0 Å². The number of hydrogen-bond donors (Lipinski definition) is 1. The van der Waals surface area contributed by atoms with Gasteiger partial charge in [-0.2, -0.15) is 0 Å². The van der Waals surface area contributed by atoms with Crippen molar-refractivity contribution in [1.82, 2.24) is 4.72 Å². The molecular weight excluding hydrogens is 608 g/mol. The number of allylic oxidation sites excluding steroid dienone is 1. The molecule has 3 aliphatic rings. The van der Waals surface area contributed by atoms with E-state index in [4.69, 9.17) is 21.1 Å². The lowest BCUT2D eigenvalue weighted by Crippen LogP contribution is -2.53. The fourth-order valence-corrected chi connectivity index (χ4v) is 8.27. The highest BCUT2D eigenvalue weighted by atomic mass is 35.5. The monoisotopic (exact) mass is 654 g/mol. The Hall–Kier alpha value is -2.81. The first-order valence-corrected chi connectivity index (χ1v) is 18.1. The average molecular weight is 655 g/mol. The summed E-state index contributed by atoms with van der Waals surface area (Å²) in [6, 6.07) is 11.5. The normalized spacial score (nSPS) is 24.3. The topological polar surface area (TPSA) is 84.9 Å². The van der Waals surface area contributed by atoms with Crippen molar-refractivity contribution in [3.8, 4) is 5.75 Å². The molecule has 45 heavy (non-hydrogen) atoms. The van der Waals surface area contributed by atoms with Crippen molar-refractivity contribution in [1.29, 1.82) is 0 Å². The third-order valence-corrected chi connectivity index (χ3v) is 12.1. The van der Waals surface area contributed by atoms with Crippen molar-refractivity contribution in [2.45, 2.75) is 82.0 Å². The zero-order valence-corrected chi connectivity index (χ0v) is 28.6. The quantitative estimate of drug-likeness (QED) is 0.257. The van der Waals surface area contributed by atoms with E-state index in [1.54, 1.807) is 33.1 Å². The number of rotatable bonds is 11. The van der Waals surface area contributed by atoms with Gasteiger partial charge in [-0.15, -0.1) is 6.58 Å². The molecule has 2 aliphatic carbocycles. The summed E-state index contributed by atoms with van der Waals surface area (Å²) in [4.78, 5) is 15.6. The summed E-state index contributed by atoms with van der Waals surface area (Å²) in [5.41, 5.74) is 2.94. The van der Waals surface area contributed by atoms with Crippen molar-refractivity contribution in [3.05, 3.63) is 82.9 Å². The average Bonchev–Trinajstić information content (AvgIpc) is 3.14. The standard InChI is InChI=1S/C36H47ClN2O5S/c1-6-8-19-36(43-5,17-7-2)31-14-11-28(31)22-39-23-35(18-9-10-26-20-29(37)13-15-30(26)35)24-44-33-16-12-27(21-32(33)39)34(40)38-45(41,42)25(3)4/h7-8,12-13,15-16,19-21,25,28,31H,2,6,9-11,14,17-18,22-24H2,1,3-5H3,(H,38,40)/b19-8+/t28-,31+,35-,36-/m0/s1. The first kappa shape index (κ1) is 33.6. The van der Waals surface area contributed by atoms with Crippen LogP contribution >= 0.6 is 11.6 Å². The van der Waals surface area contributed by atoms with Crippen LogP contribution in [0.25, 0.3) is 0 Å². The highest BCUT2D eigenvalue weighted by Gasteiger charge is 2.48. The van der Waals surface area contributed by atoms with Crippen molar-refractivity contribution in [2.75, 3.05) is 31.7 Å². The maximum atomic E-state index is 13.2. The highest BCUT2D eigenvalue weighted by molar-refractivity contribution is 7.90. The highest BCUT2D eigenvalue weighted by Crippen LogP contribution is 2.49. The molecule has 1 aliphatic heterocycles. The van der Waals surface area contributed by atoms with Crippen LogP contribution in [-0.4, -0.2) is 52.0 Å². The third kappa shape index (κ3) is 6.70. The van der Waals surface area contributed by atoms with Gasteiger partial charge in [0.2, 0.25) is 10.0 Å². The third-order valence-electron chi connectivity index (χ3n) is 10.1. The van der Waals surface area contributed by atoms with Gasteiger partial charge in [-0.1, -0.05) is 42.8 Å². The van der Waals surface area contributed by atoms with Gasteiger partial charge in [0.25, 0.3) is 5.91 Å². The van der Waals surface area contributed by atoms with Crippen molar-refractivity contribution in [2.24, 2.45) is 11.8 Å². The predicted molar refractivity (Wildman–Crippen MR) is 182 cm³/mol. The minimum absolute atomic E-state index is 0.262. The lowest BCUT2D eigenvalue weighted by atomic mass is 9.63. The number of fused-ring (bicyclic) bond motifs is 3. The summed E-state index contributed by atoms with van der Waals surface area (Å²) in [7, 11) is -1.99. The van der Waals surface area contributed by atoms with Crippen LogP contribution in [0.1, 0.15) is 80.8 Å². The first-order valence-electron chi connectivity index (χ1n) is 16.2. The van der Waals surface area contributed by atoms with Crippen molar-refractivity contribution < 1.29 is 22.7 Å². The minimum atomic E-state index is -3.78. The maximum Gasteiger partial charge on any atom is 0.264 e. The zero-order chi connectivity index (χ0) is 32.4. The van der Waals surface area contributed by atoms with Crippen LogP contribution < -0.4 is 14.4 Å². The number of hydrogen-bond acceptors (Lipinski definition) is 6. The number of aryl methyl sites for hydroxylation is 1. The molecule has 2 aromatic rings. The molecule has 9 heteroatoms. The van der Waals surface area contributed by atoms with Crippen LogP contribution in [0.15, 0.2) is 61.2 Å². The Morgan fingerprint density at radius 1 is 1.27 bits per heavy atom. The molecule has 0 bridgehead atoms. The van der Waals surface area contributed by atoms with Gasteiger partial charge in [-0.3, -0.25) is 4.79 Å². The summed E-state index contributed by atoms with van der Waals surface area (Å²) in [6.07, 6.45) is 13.1. The van der Waals surface area contributed by atoms with Gasteiger partial charge >= 0.3 is 0 Å². The largest absolute Gasteiger partial charge is 0.490 e. The lowest BCUT2D eigenvalue weighted by Gasteiger charge is -2.50. The van der Waals surface area contributed by atoms with Crippen LogP contribution in [0.2, 0.25) is 5.02 Å². The Morgan fingerprint density at radius 2 is 2.07 bits per heavy atom. The number of halogens is 1. The molecule has 0 aromatic heterocycles. The van der Waals surface area contributed by atoms with Gasteiger partial charge in [-0.25, -0.2) is 13.1 Å². The molecule has 1 N–H and O–H groups in total. The van der Waals surface area contributed by atoms with E-state index < -0.39 is 26.8 Å². The minimum Gasteiger partial charge on any atom is -0.490 e. The van der Waals surface area contributed by atoms with Crippen LogP contribution in [-0.2, 0) is 26.6 Å². The van der Waals surface area contributed by atoms with Gasteiger partial charge in [0.05, 0.1) is 23.1 Å². The summed E-state index contributed by atoms with van der Waals surface area (Å²) in [6.45, 7) is 11.2. The second-order valence-corrected chi connectivity index (χ2v) is 15.9. The Bertz CT molecular complexity index is 1560. The number of sulfonamides is 1. The van der Waals surface area contributed by atoms with E-state index in [0.29, 0.717) is 30.7 Å². The summed E-state index contributed by atoms with van der Waals surface area (Å²) in [5.74, 6) is 0.689. The summed E-state index contributed by atoms with van der Waals surface area (Å²) < 4.78 is 40.2. The molecule has 0 radical (unpaired) electrons. The Kier molecular flexibility index (Phi) is 10.1. The molecule has 2 aromatic carbocycles. The number of benzene rings is 2. The van der Waals surface area contributed by atoms with E-state index >= 15 is 0 Å². The zero-order valence-electron chi connectivity index (χ0n) is 27.0. The number of carbonyl (C=O) groups excluding carboxylic acids is 1. The number of ether oxygens (including phenoxy) is 2. The van der Waals surface area contributed by atoms with E-state index in [0.717, 1.165) is 62.2 Å². The number of amides is 1. The van der Waals surface area contributed by atoms with Crippen LogP contribution in [0.4, 0.5) is 5.69 Å². The molecule has 0 unspecified atom stereocenters. The maximum absolute atomic E-state index is 13.2. The Labute approximate surface area is 274 Å². The van der Waals surface area contributed by atoms with Gasteiger partial charge in [-0.05, 0) is 112 Å². The molecule has 1 amide bonds. The molecule has 1 saturated carbocycles. The predicted octanol–water partition coefficient (Wildman–Crippen LogP) is 7.23. The number of anilines is 1. The Morgan fingerprint density at radius 3 is 2.73 bits per heavy atom. The van der Waals surface area contributed by atoms with Crippen LogP contribution in [0.3, 0.4) is 0 Å². The summed E-state index contributed by atoms with van der Waals surface area (Å²) in [5, 5.41) is 0.0128. The molecule has 1 heterocycles. The number of methoxy groups -OCH3 is 1. The molecule has 244 valence electrons. The molecule has 1 fully saturated rings. The molecule has 7 nitrogen and oxygen atoms in total.